The number of rotatable bonds is 7. The monoisotopic (exact) mass is 361 g/mol. The van der Waals surface area contributed by atoms with Crippen LogP contribution in [0.15, 0.2) is 73.8 Å². The number of amides is 2. The molecule has 1 heterocycles. The van der Waals surface area contributed by atoms with Gasteiger partial charge in [-0.25, -0.2) is 9.67 Å². The molecule has 27 heavy (non-hydrogen) atoms. The van der Waals surface area contributed by atoms with Crippen molar-refractivity contribution in [1.82, 2.24) is 14.8 Å². The molecule has 0 saturated carbocycles. The van der Waals surface area contributed by atoms with E-state index in [-0.39, 0.29) is 11.8 Å². The summed E-state index contributed by atoms with van der Waals surface area (Å²) in [6, 6.07) is 14.8. The average Bonchev–Trinajstić information content (AvgIpc) is 3.22. The minimum Gasteiger partial charge on any atom is -0.324 e. The average molecular weight is 361 g/mol. The molecule has 0 radical (unpaired) electrons. The second-order valence-electron chi connectivity index (χ2n) is 5.80. The van der Waals surface area contributed by atoms with Gasteiger partial charge in [0.2, 0.25) is 11.8 Å². The standard InChI is InChI=1S/C20H19N5O2/c1-2-19(26)23-16-10-7-15(8-11-16)9-12-20(27)24-17-5-3-4-6-18(17)25-14-21-13-22-25/h2-8,10-11,13-14H,1,9,12H2,(H,23,26)(H,24,27). The van der Waals surface area contributed by atoms with E-state index in [0.717, 1.165) is 11.3 Å². The van der Waals surface area contributed by atoms with Gasteiger partial charge in [-0.3, -0.25) is 9.59 Å². The molecule has 0 atom stereocenters. The van der Waals surface area contributed by atoms with Crippen LogP contribution in [0.2, 0.25) is 0 Å². The third-order valence-electron chi connectivity index (χ3n) is 3.89. The van der Waals surface area contributed by atoms with Crippen LogP contribution in [0.1, 0.15) is 12.0 Å². The van der Waals surface area contributed by atoms with Crippen molar-refractivity contribution in [3.63, 3.8) is 0 Å². The van der Waals surface area contributed by atoms with Crippen LogP contribution in [0.3, 0.4) is 0 Å². The maximum Gasteiger partial charge on any atom is 0.247 e. The van der Waals surface area contributed by atoms with Crippen LogP contribution >= 0.6 is 0 Å². The SMILES string of the molecule is C=CC(=O)Nc1ccc(CCC(=O)Nc2ccccc2-n2cncn2)cc1. The van der Waals surface area contributed by atoms with Crippen molar-refractivity contribution in [2.24, 2.45) is 0 Å². The van der Waals surface area contributed by atoms with Gasteiger partial charge in [0.1, 0.15) is 12.7 Å². The maximum atomic E-state index is 12.3. The molecular weight excluding hydrogens is 342 g/mol. The van der Waals surface area contributed by atoms with Crippen LogP contribution in [0.25, 0.3) is 5.69 Å². The highest BCUT2D eigenvalue weighted by Crippen LogP contribution is 2.19. The molecule has 3 rings (SSSR count). The lowest BCUT2D eigenvalue weighted by molar-refractivity contribution is -0.116. The van der Waals surface area contributed by atoms with Crippen molar-refractivity contribution in [3.05, 3.63) is 79.4 Å². The highest BCUT2D eigenvalue weighted by atomic mass is 16.2. The molecule has 0 spiro atoms. The van der Waals surface area contributed by atoms with Crippen molar-refractivity contribution in [3.8, 4) is 5.69 Å². The number of aromatic nitrogens is 3. The van der Waals surface area contributed by atoms with Crippen LogP contribution < -0.4 is 10.6 Å². The third kappa shape index (κ3) is 4.88. The Kier molecular flexibility index (Phi) is 5.73. The number of hydrogen-bond acceptors (Lipinski definition) is 4. The third-order valence-corrected chi connectivity index (χ3v) is 3.89. The van der Waals surface area contributed by atoms with E-state index in [1.165, 1.54) is 12.4 Å². The summed E-state index contributed by atoms with van der Waals surface area (Å²) in [5, 5.41) is 9.71. The molecule has 1 aromatic heterocycles. The molecule has 0 saturated heterocycles. The number of aryl methyl sites for hydroxylation is 1. The van der Waals surface area contributed by atoms with Crippen LogP contribution in [0, 0.1) is 0 Å². The van der Waals surface area contributed by atoms with E-state index in [1.54, 1.807) is 23.1 Å². The highest BCUT2D eigenvalue weighted by molar-refractivity contribution is 5.98. The molecule has 2 N–H and O–H groups in total. The van der Waals surface area contributed by atoms with E-state index >= 15 is 0 Å². The Bertz CT molecular complexity index is 933. The van der Waals surface area contributed by atoms with Crippen LogP contribution in [-0.4, -0.2) is 26.6 Å². The van der Waals surface area contributed by atoms with Crippen molar-refractivity contribution < 1.29 is 9.59 Å². The molecule has 0 aliphatic carbocycles. The van der Waals surface area contributed by atoms with Crippen LogP contribution in [0.5, 0.6) is 0 Å². The summed E-state index contributed by atoms with van der Waals surface area (Å²) in [5.41, 5.74) is 3.13. The molecule has 2 amide bonds. The number of benzene rings is 2. The predicted molar refractivity (Wildman–Crippen MR) is 104 cm³/mol. The van der Waals surface area contributed by atoms with Gasteiger partial charge >= 0.3 is 0 Å². The summed E-state index contributed by atoms with van der Waals surface area (Å²) in [6.07, 6.45) is 5.17. The molecule has 0 aliphatic rings. The second kappa shape index (κ2) is 8.57. The van der Waals surface area contributed by atoms with E-state index in [0.29, 0.717) is 24.2 Å². The fourth-order valence-electron chi connectivity index (χ4n) is 2.53. The molecule has 0 aliphatic heterocycles. The lowest BCUT2D eigenvalue weighted by Gasteiger charge is -2.10. The van der Waals surface area contributed by atoms with E-state index in [9.17, 15) is 9.59 Å². The minimum atomic E-state index is -0.256. The molecular formula is C20H19N5O2. The quantitative estimate of drug-likeness (QED) is 0.633. The molecule has 0 unspecified atom stereocenters. The number of carbonyl (C=O) groups excluding carboxylic acids is 2. The number of anilines is 2. The first kappa shape index (κ1) is 18.1. The Morgan fingerprint density at radius 2 is 1.85 bits per heavy atom. The van der Waals surface area contributed by atoms with Gasteiger partial charge in [-0.2, -0.15) is 5.10 Å². The zero-order valence-electron chi connectivity index (χ0n) is 14.6. The summed E-state index contributed by atoms with van der Waals surface area (Å²) in [7, 11) is 0. The number of para-hydroxylation sites is 2. The summed E-state index contributed by atoms with van der Waals surface area (Å²) in [6.45, 7) is 3.41. The highest BCUT2D eigenvalue weighted by Gasteiger charge is 2.09. The molecule has 7 heteroatoms. The Balaban J connectivity index is 1.58. The van der Waals surface area contributed by atoms with Crippen LogP contribution in [-0.2, 0) is 16.0 Å². The van der Waals surface area contributed by atoms with Crippen molar-refractivity contribution in [1.29, 1.82) is 0 Å². The van der Waals surface area contributed by atoms with Gasteiger partial charge in [0.25, 0.3) is 0 Å². The zero-order valence-corrected chi connectivity index (χ0v) is 14.6. The van der Waals surface area contributed by atoms with Crippen molar-refractivity contribution in [2.75, 3.05) is 10.6 Å². The Morgan fingerprint density at radius 3 is 2.56 bits per heavy atom. The van der Waals surface area contributed by atoms with Gasteiger partial charge in [0, 0.05) is 12.1 Å². The van der Waals surface area contributed by atoms with E-state index < -0.39 is 0 Å². The van der Waals surface area contributed by atoms with Crippen molar-refractivity contribution in [2.45, 2.75) is 12.8 Å². The van der Waals surface area contributed by atoms with Crippen molar-refractivity contribution >= 4 is 23.2 Å². The van der Waals surface area contributed by atoms with Gasteiger partial charge in [-0.1, -0.05) is 30.8 Å². The van der Waals surface area contributed by atoms with E-state index in [2.05, 4.69) is 27.3 Å². The zero-order chi connectivity index (χ0) is 19.1. The smallest absolute Gasteiger partial charge is 0.247 e. The Morgan fingerprint density at radius 1 is 1.07 bits per heavy atom. The second-order valence-corrected chi connectivity index (χ2v) is 5.80. The Labute approximate surface area is 156 Å². The molecule has 3 aromatic rings. The number of nitrogens with one attached hydrogen (secondary N) is 2. The van der Waals surface area contributed by atoms with E-state index in [4.69, 9.17) is 0 Å². The van der Waals surface area contributed by atoms with Gasteiger partial charge < -0.3 is 10.6 Å². The molecule has 7 nitrogen and oxygen atoms in total. The number of carbonyl (C=O) groups is 2. The van der Waals surface area contributed by atoms with Gasteiger partial charge in [0.05, 0.1) is 11.4 Å². The lowest BCUT2D eigenvalue weighted by atomic mass is 10.1. The lowest BCUT2D eigenvalue weighted by Crippen LogP contribution is -2.14. The molecule has 0 bridgehead atoms. The van der Waals surface area contributed by atoms with Crippen LogP contribution in [0.4, 0.5) is 11.4 Å². The predicted octanol–water partition coefficient (Wildman–Crippen LogP) is 2.96. The summed E-state index contributed by atoms with van der Waals surface area (Å²) < 4.78 is 1.60. The largest absolute Gasteiger partial charge is 0.324 e. The summed E-state index contributed by atoms with van der Waals surface area (Å²) >= 11 is 0. The molecule has 0 fully saturated rings. The number of nitrogens with zero attached hydrogens (tertiary/aromatic N) is 3. The maximum absolute atomic E-state index is 12.3. The first-order valence-corrected chi connectivity index (χ1v) is 8.42. The first-order valence-electron chi connectivity index (χ1n) is 8.42. The van der Waals surface area contributed by atoms with Gasteiger partial charge in [-0.15, -0.1) is 0 Å². The normalized spacial score (nSPS) is 10.2. The van der Waals surface area contributed by atoms with Gasteiger partial charge in [0.15, 0.2) is 0 Å². The number of hydrogen-bond donors (Lipinski definition) is 2. The van der Waals surface area contributed by atoms with Gasteiger partial charge in [-0.05, 0) is 42.3 Å². The summed E-state index contributed by atoms with van der Waals surface area (Å²) in [5.74, 6) is -0.347. The fourth-order valence-corrected chi connectivity index (χ4v) is 2.53. The topological polar surface area (TPSA) is 88.9 Å². The summed E-state index contributed by atoms with van der Waals surface area (Å²) in [4.78, 5) is 27.5. The molecule has 136 valence electrons. The molecule has 2 aromatic carbocycles. The fraction of sp³-hybridized carbons (Fsp3) is 0.100. The minimum absolute atomic E-state index is 0.0911. The van der Waals surface area contributed by atoms with E-state index in [1.807, 2.05) is 36.4 Å². The Hall–Kier alpha value is -3.74. The first-order chi connectivity index (χ1) is 13.2.